The second kappa shape index (κ2) is 6.74. The molecule has 0 heterocycles. The molecule has 106 valence electrons. The van der Waals surface area contributed by atoms with Crippen LogP contribution in [0.3, 0.4) is 0 Å². The Morgan fingerprint density at radius 3 is 2.63 bits per heavy atom. The van der Waals surface area contributed by atoms with Crippen LogP contribution >= 0.6 is 15.9 Å². The zero-order chi connectivity index (χ0) is 14.6. The van der Waals surface area contributed by atoms with Crippen LogP contribution in [0.1, 0.15) is 38.8 Å². The van der Waals surface area contributed by atoms with Gasteiger partial charge in [-0.15, -0.1) is 4.72 Å². The van der Waals surface area contributed by atoms with Gasteiger partial charge in [-0.05, 0) is 38.5 Å². The lowest BCUT2D eigenvalue weighted by Gasteiger charge is -2.27. The lowest BCUT2D eigenvalue weighted by Crippen LogP contribution is -2.41. The molecule has 6 heteroatoms. The molecule has 1 rings (SSSR count). The van der Waals surface area contributed by atoms with Crippen LogP contribution in [0.5, 0.6) is 0 Å². The van der Waals surface area contributed by atoms with Crippen LogP contribution in [0.2, 0.25) is 0 Å². The number of aliphatic carboxylic acids is 1. The van der Waals surface area contributed by atoms with Crippen molar-refractivity contribution in [3.05, 3.63) is 34.3 Å². The SMILES string of the molecule is CC(C)(C)[S+]([O-])NC(CC(=O)O)c1cccc(Br)c1. The van der Waals surface area contributed by atoms with E-state index in [1.165, 1.54) is 0 Å². The molecule has 0 saturated carbocycles. The maximum atomic E-state index is 12.1. The van der Waals surface area contributed by atoms with Crippen molar-refractivity contribution in [3.63, 3.8) is 0 Å². The summed E-state index contributed by atoms with van der Waals surface area (Å²) in [7, 11) is 0. The number of benzene rings is 1. The molecule has 0 spiro atoms. The first-order chi connectivity index (χ1) is 8.70. The normalized spacial score (nSPS) is 15.0. The van der Waals surface area contributed by atoms with Crippen LogP contribution in [0.15, 0.2) is 28.7 Å². The van der Waals surface area contributed by atoms with Crippen molar-refractivity contribution >= 4 is 33.3 Å². The van der Waals surface area contributed by atoms with Gasteiger partial charge in [0.05, 0.1) is 12.5 Å². The highest BCUT2D eigenvalue weighted by atomic mass is 79.9. The van der Waals surface area contributed by atoms with E-state index in [9.17, 15) is 9.35 Å². The minimum atomic E-state index is -1.32. The molecule has 1 aromatic rings. The van der Waals surface area contributed by atoms with Gasteiger partial charge in [0.1, 0.15) is 4.75 Å². The van der Waals surface area contributed by atoms with Gasteiger partial charge in [-0.25, -0.2) is 0 Å². The Bertz CT molecular complexity index is 448. The van der Waals surface area contributed by atoms with Crippen molar-refractivity contribution in [2.75, 3.05) is 0 Å². The van der Waals surface area contributed by atoms with E-state index in [-0.39, 0.29) is 6.42 Å². The van der Waals surface area contributed by atoms with Crippen molar-refractivity contribution < 1.29 is 14.5 Å². The number of hydrogen-bond acceptors (Lipinski definition) is 3. The van der Waals surface area contributed by atoms with E-state index in [2.05, 4.69) is 20.7 Å². The number of halogens is 1. The van der Waals surface area contributed by atoms with Crippen LogP contribution in [-0.2, 0) is 16.2 Å². The Morgan fingerprint density at radius 1 is 1.53 bits per heavy atom. The lowest BCUT2D eigenvalue weighted by atomic mass is 10.1. The highest BCUT2D eigenvalue weighted by molar-refractivity contribution is 9.10. The first-order valence-corrected chi connectivity index (χ1v) is 7.79. The van der Waals surface area contributed by atoms with Crippen LogP contribution in [0, 0.1) is 0 Å². The Hall–Kier alpha value is -0.560. The monoisotopic (exact) mass is 347 g/mol. The van der Waals surface area contributed by atoms with Crippen LogP contribution in [-0.4, -0.2) is 20.4 Å². The van der Waals surface area contributed by atoms with E-state index in [0.717, 1.165) is 10.0 Å². The second-order valence-electron chi connectivity index (χ2n) is 5.20. The molecule has 2 unspecified atom stereocenters. The predicted octanol–water partition coefficient (Wildman–Crippen LogP) is 3.02. The van der Waals surface area contributed by atoms with Gasteiger partial charge in [-0.3, -0.25) is 4.79 Å². The Kier molecular flexibility index (Phi) is 5.85. The largest absolute Gasteiger partial charge is 0.598 e. The van der Waals surface area contributed by atoms with Crippen molar-refractivity contribution in [2.24, 2.45) is 0 Å². The fourth-order valence-corrected chi connectivity index (χ4v) is 2.68. The van der Waals surface area contributed by atoms with Crippen LogP contribution in [0.4, 0.5) is 0 Å². The molecule has 0 aliphatic heterocycles. The maximum absolute atomic E-state index is 12.1. The molecule has 19 heavy (non-hydrogen) atoms. The summed E-state index contributed by atoms with van der Waals surface area (Å²) in [5.41, 5.74) is 0.800. The van der Waals surface area contributed by atoms with Gasteiger partial charge in [0.25, 0.3) is 0 Å². The van der Waals surface area contributed by atoms with Gasteiger partial charge >= 0.3 is 5.97 Å². The fourth-order valence-electron chi connectivity index (χ4n) is 1.43. The van der Waals surface area contributed by atoms with Gasteiger partial charge in [0.2, 0.25) is 0 Å². The fraction of sp³-hybridized carbons (Fsp3) is 0.462. The first kappa shape index (κ1) is 16.5. The van der Waals surface area contributed by atoms with E-state index < -0.39 is 28.1 Å². The molecule has 0 aromatic heterocycles. The van der Waals surface area contributed by atoms with Crippen molar-refractivity contribution in [1.29, 1.82) is 0 Å². The van der Waals surface area contributed by atoms with Gasteiger partial charge in [-0.2, -0.15) is 0 Å². The van der Waals surface area contributed by atoms with Gasteiger partial charge in [0.15, 0.2) is 0 Å². The number of nitrogens with one attached hydrogen (secondary N) is 1. The standard InChI is InChI=1S/C13H18BrNO3S/c1-13(2,3)19(18)15-11(8-12(16)17)9-5-4-6-10(14)7-9/h4-7,11,15H,8H2,1-3H3,(H,16,17). The summed E-state index contributed by atoms with van der Waals surface area (Å²) in [5, 5.41) is 8.98. The topological polar surface area (TPSA) is 72.4 Å². The third kappa shape index (κ3) is 5.52. The van der Waals surface area contributed by atoms with E-state index in [0.29, 0.717) is 0 Å². The number of carboxylic acids is 1. The third-order valence-electron chi connectivity index (χ3n) is 2.44. The van der Waals surface area contributed by atoms with Crippen molar-refractivity contribution in [1.82, 2.24) is 4.72 Å². The molecule has 0 aliphatic carbocycles. The molecule has 0 saturated heterocycles. The Labute approximate surface area is 125 Å². The lowest BCUT2D eigenvalue weighted by molar-refractivity contribution is -0.137. The number of rotatable bonds is 5. The van der Waals surface area contributed by atoms with Crippen molar-refractivity contribution in [3.8, 4) is 0 Å². The van der Waals surface area contributed by atoms with E-state index in [4.69, 9.17) is 5.11 Å². The molecule has 0 amide bonds. The minimum Gasteiger partial charge on any atom is -0.598 e. The molecule has 2 atom stereocenters. The summed E-state index contributed by atoms with van der Waals surface area (Å²) in [6, 6.07) is 6.87. The first-order valence-electron chi connectivity index (χ1n) is 5.85. The molecule has 1 aromatic carbocycles. The maximum Gasteiger partial charge on any atom is 0.305 e. The molecule has 0 aliphatic rings. The van der Waals surface area contributed by atoms with Crippen LogP contribution in [0.25, 0.3) is 0 Å². The zero-order valence-electron chi connectivity index (χ0n) is 11.1. The van der Waals surface area contributed by atoms with Gasteiger partial charge in [-0.1, -0.05) is 28.1 Å². The number of hydrogen-bond donors (Lipinski definition) is 2. The highest BCUT2D eigenvalue weighted by Crippen LogP contribution is 2.24. The number of carbonyl (C=O) groups is 1. The average molecular weight is 348 g/mol. The Morgan fingerprint density at radius 2 is 2.16 bits per heavy atom. The second-order valence-corrected chi connectivity index (χ2v) is 8.12. The minimum absolute atomic E-state index is 0.113. The summed E-state index contributed by atoms with van der Waals surface area (Å²) in [4.78, 5) is 10.9. The molecular formula is C13H18BrNO3S. The van der Waals surface area contributed by atoms with E-state index in [1.54, 1.807) is 0 Å². The van der Waals surface area contributed by atoms with Crippen LogP contribution < -0.4 is 4.72 Å². The molecule has 4 nitrogen and oxygen atoms in total. The Balaban J connectivity index is 2.92. The highest BCUT2D eigenvalue weighted by Gasteiger charge is 2.30. The smallest absolute Gasteiger partial charge is 0.305 e. The third-order valence-corrected chi connectivity index (χ3v) is 4.54. The molecule has 2 N–H and O–H groups in total. The molecular weight excluding hydrogens is 330 g/mol. The van der Waals surface area contributed by atoms with Gasteiger partial charge < -0.3 is 9.66 Å². The quantitative estimate of drug-likeness (QED) is 0.803. The predicted molar refractivity (Wildman–Crippen MR) is 80.2 cm³/mol. The summed E-state index contributed by atoms with van der Waals surface area (Å²) in [5.74, 6) is -0.927. The summed E-state index contributed by atoms with van der Waals surface area (Å²) in [6.45, 7) is 5.53. The van der Waals surface area contributed by atoms with E-state index >= 15 is 0 Å². The van der Waals surface area contributed by atoms with Gasteiger partial charge in [0, 0.05) is 15.8 Å². The molecule has 0 bridgehead atoms. The summed E-state index contributed by atoms with van der Waals surface area (Å²) in [6.07, 6.45) is -0.113. The molecule has 0 radical (unpaired) electrons. The average Bonchev–Trinajstić information content (AvgIpc) is 2.26. The summed E-state index contributed by atoms with van der Waals surface area (Å²) < 4.78 is 15.4. The van der Waals surface area contributed by atoms with E-state index in [1.807, 2.05) is 45.0 Å². The van der Waals surface area contributed by atoms with Crippen molar-refractivity contribution in [2.45, 2.75) is 38.0 Å². The molecule has 0 fully saturated rings. The zero-order valence-corrected chi connectivity index (χ0v) is 13.5. The number of carboxylic acid groups (broad SMARTS) is 1. The summed E-state index contributed by atoms with van der Waals surface area (Å²) >= 11 is 2.03.